The molecule has 0 heterocycles. The Morgan fingerprint density at radius 1 is 1.75 bits per heavy atom. The molecule has 3 N–H and O–H groups in total. The number of nitrogens with two attached hydrogens (primary N) is 1. The first-order chi connectivity index (χ1) is 5.59. The van der Waals surface area contributed by atoms with Crippen LogP contribution in [0.2, 0.25) is 0 Å². The molecule has 1 saturated carbocycles. The lowest BCUT2D eigenvalue weighted by atomic mass is 10.0. The minimum Gasteiger partial charge on any atom is -0.468 e. The van der Waals surface area contributed by atoms with Crippen LogP contribution in [0.4, 0.5) is 0 Å². The van der Waals surface area contributed by atoms with E-state index in [0.717, 1.165) is 0 Å². The highest BCUT2D eigenvalue weighted by atomic mass is 16.5. The minimum absolute atomic E-state index is 0.210. The van der Waals surface area contributed by atoms with Gasteiger partial charge in [-0.2, -0.15) is 0 Å². The highest BCUT2D eigenvalue weighted by Gasteiger charge is 2.65. The van der Waals surface area contributed by atoms with Gasteiger partial charge in [-0.15, -0.1) is 0 Å². The Morgan fingerprint density at radius 3 is 2.58 bits per heavy atom. The van der Waals surface area contributed by atoms with E-state index in [2.05, 4.69) is 4.74 Å². The molecule has 1 rings (SSSR count). The van der Waals surface area contributed by atoms with Crippen molar-refractivity contribution >= 4 is 11.9 Å². The lowest BCUT2D eigenvalue weighted by molar-refractivity contribution is -0.152. The van der Waals surface area contributed by atoms with Crippen molar-refractivity contribution in [2.45, 2.75) is 6.42 Å². The third-order valence-corrected chi connectivity index (χ3v) is 2.31. The van der Waals surface area contributed by atoms with E-state index in [4.69, 9.17) is 10.8 Å². The van der Waals surface area contributed by atoms with E-state index in [1.807, 2.05) is 0 Å². The molecule has 0 aromatic carbocycles. The molecular weight excluding hydrogens is 162 g/mol. The largest absolute Gasteiger partial charge is 0.468 e. The molecule has 5 heteroatoms. The lowest BCUT2D eigenvalue weighted by Crippen LogP contribution is -2.35. The molecule has 1 aliphatic carbocycles. The Morgan fingerprint density at radius 2 is 2.33 bits per heavy atom. The molecule has 0 aromatic heterocycles. The predicted molar refractivity (Wildman–Crippen MR) is 38.8 cm³/mol. The highest BCUT2D eigenvalue weighted by molar-refractivity contribution is 6.05. The zero-order valence-electron chi connectivity index (χ0n) is 6.74. The first-order valence-corrected chi connectivity index (χ1v) is 3.58. The van der Waals surface area contributed by atoms with Crippen LogP contribution in [0.1, 0.15) is 6.42 Å². The molecule has 0 unspecified atom stereocenters. The first-order valence-electron chi connectivity index (χ1n) is 3.58. The summed E-state index contributed by atoms with van der Waals surface area (Å²) in [5.74, 6) is -1.72. The Balaban J connectivity index is 2.78. The number of amides is 1. The Kier molecular flexibility index (Phi) is 2.06. The molecular formula is C7H11NO4. The van der Waals surface area contributed by atoms with Gasteiger partial charge in [0.2, 0.25) is 5.91 Å². The van der Waals surface area contributed by atoms with E-state index in [9.17, 15) is 9.59 Å². The highest BCUT2D eigenvalue weighted by Crippen LogP contribution is 2.52. The molecule has 12 heavy (non-hydrogen) atoms. The number of esters is 1. The molecule has 0 spiro atoms. The molecule has 0 aromatic rings. The Hall–Kier alpha value is -1.10. The van der Waals surface area contributed by atoms with Gasteiger partial charge in [-0.25, -0.2) is 0 Å². The summed E-state index contributed by atoms with van der Waals surface area (Å²) < 4.78 is 4.42. The molecule has 1 fully saturated rings. The molecule has 2 atom stereocenters. The van der Waals surface area contributed by atoms with Gasteiger partial charge in [0.15, 0.2) is 5.41 Å². The molecule has 5 nitrogen and oxygen atoms in total. The molecule has 1 amide bonds. The zero-order chi connectivity index (χ0) is 9.35. The molecule has 0 bridgehead atoms. The summed E-state index contributed by atoms with van der Waals surface area (Å²) in [6.45, 7) is -0.210. The van der Waals surface area contributed by atoms with Crippen LogP contribution in [0.3, 0.4) is 0 Å². The van der Waals surface area contributed by atoms with E-state index in [1.54, 1.807) is 0 Å². The zero-order valence-corrected chi connectivity index (χ0v) is 6.74. The maximum absolute atomic E-state index is 11.1. The number of aliphatic hydroxyl groups excluding tert-OH is 1. The second-order valence-electron chi connectivity index (χ2n) is 2.91. The summed E-state index contributed by atoms with van der Waals surface area (Å²) in [5.41, 5.74) is 3.78. The number of carbonyl (C=O) groups excluding carboxylic acids is 2. The van der Waals surface area contributed by atoms with Gasteiger partial charge in [0.25, 0.3) is 0 Å². The molecule has 1 aliphatic rings. The average Bonchev–Trinajstić information content (AvgIpc) is 2.78. The third kappa shape index (κ3) is 0.972. The van der Waals surface area contributed by atoms with Crippen LogP contribution in [0.25, 0.3) is 0 Å². The number of hydrogen-bond acceptors (Lipinski definition) is 4. The van der Waals surface area contributed by atoms with Gasteiger partial charge in [0.05, 0.1) is 7.11 Å². The lowest BCUT2D eigenvalue weighted by Gasteiger charge is -2.08. The van der Waals surface area contributed by atoms with Crippen LogP contribution in [0, 0.1) is 11.3 Å². The number of carbonyl (C=O) groups is 2. The van der Waals surface area contributed by atoms with Gasteiger partial charge in [0, 0.05) is 12.5 Å². The van der Waals surface area contributed by atoms with Gasteiger partial charge >= 0.3 is 5.97 Å². The summed E-state index contributed by atoms with van der Waals surface area (Å²) in [4.78, 5) is 21.9. The van der Waals surface area contributed by atoms with Crippen molar-refractivity contribution in [2.75, 3.05) is 13.7 Å². The molecule has 0 radical (unpaired) electrons. The van der Waals surface area contributed by atoms with Crippen LogP contribution in [-0.2, 0) is 14.3 Å². The van der Waals surface area contributed by atoms with Crippen molar-refractivity contribution in [3.63, 3.8) is 0 Å². The summed E-state index contributed by atoms with van der Waals surface area (Å²) in [7, 11) is 1.19. The number of aliphatic hydroxyl groups is 1. The van der Waals surface area contributed by atoms with E-state index >= 15 is 0 Å². The van der Waals surface area contributed by atoms with Crippen molar-refractivity contribution in [1.82, 2.24) is 0 Å². The van der Waals surface area contributed by atoms with Crippen LogP contribution >= 0.6 is 0 Å². The molecule has 68 valence electrons. The van der Waals surface area contributed by atoms with E-state index in [1.165, 1.54) is 7.11 Å². The van der Waals surface area contributed by atoms with Crippen LogP contribution in [0.5, 0.6) is 0 Å². The summed E-state index contributed by atoms with van der Waals surface area (Å²) in [6.07, 6.45) is 0.297. The standard InChI is InChI=1S/C7H11NO4/c1-12-6(11)7(5(8)10)2-4(7)3-9/h4,9H,2-3H2,1H3,(H2,8,10)/t4-,7+/m0/s1. The number of ether oxygens (including phenoxy) is 1. The van der Waals surface area contributed by atoms with E-state index in [-0.39, 0.29) is 12.5 Å². The SMILES string of the molecule is COC(=O)[C@]1(C(N)=O)C[C@H]1CO. The second kappa shape index (κ2) is 2.75. The Labute approximate surface area is 69.5 Å². The fourth-order valence-electron chi connectivity index (χ4n) is 1.38. The Bertz CT molecular complexity index is 227. The maximum atomic E-state index is 11.1. The van der Waals surface area contributed by atoms with Crippen LogP contribution < -0.4 is 5.73 Å². The van der Waals surface area contributed by atoms with Gasteiger partial charge in [0.1, 0.15) is 0 Å². The smallest absolute Gasteiger partial charge is 0.321 e. The topological polar surface area (TPSA) is 89.6 Å². The van der Waals surface area contributed by atoms with Gasteiger partial charge in [-0.3, -0.25) is 9.59 Å². The van der Waals surface area contributed by atoms with E-state index < -0.39 is 17.3 Å². The first kappa shape index (κ1) is 8.99. The number of hydrogen-bond donors (Lipinski definition) is 2. The fourth-order valence-corrected chi connectivity index (χ4v) is 1.38. The number of methoxy groups -OCH3 is 1. The van der Waals surface area contributed by atoms with Gasteiger partial charge in [-0.1, -0.05) is 0 Å². The molecule has 0 saturated heterocycles. The third-order valence-electron chi connectivity index (χ3n) is 2.31. The fraction of sp³-hybridized carbons (Fsp3) is 0.714. The quantitative estimate of drug-likeness (QED) is 0.407. The van der Waals surface area contributed by atoms with Crippen LogP contribution in [0.15, 0.2) is 0 Å². The van der Waals surface area contributed by atoms with Crippen molar-refractivity contribution in [3.05, 3.63) is 0 Å². The monoisotopic (exact) mass is 173 g/mol. The average molecular weight is 173 g/mol. The minimum atomic E-state index is -1.25. The van der Waals surface area contributed by atoms with Crippen molar-refractivity contribution in [1.29, 1.82) is 0 Å². The molecule has 0 aliphatic heterocycles. The maximum Gasteiger partial charge on any atom is 0.321 e. The normalized spacial score (nSPS) is 32.7. The van der Waals surface area contributed by atoms with Crippen molar-refractivity contribution in [2.24, 2.45) is 17.1 Å². The second-order valence-corrected chi connectivity index (χ2v) is 2.91. The number of rotatable bonds is 3. The van der Waals surface area contributed by atoms with Gasteiger partial charge in [-0.05, 0) is 6.42 Å². The van der Waals surface area contributed by atoms with Gasteiger partial charge < -0.3 is 15.6 Å². The summed E-state index contributed by atoms with van der Waals surface area (Å²) in [5, 5.41) is 8.72. The van der Waals surface area contributed by atoms with Crippen LogP contribution in [-0.4, -0.2) is 30.7 Å². The van der Waals surface area contributed by atoms with Crippen molar-refractivity contribution < 1.29 is 19.4 Å². The van der Waals surface area contributed by atoms with E-state index in [0.29, 0.717) is 6.42 Å². The summed E-state index contributed by atoms with van der Waals surface area (Å²) in [6, 6.07) is 0. The predicted octanol–water partition coefficient (Wildman–Crippen LogP) is -1.36. The summed E-state index contributed by atoms with van der Waals surface area (Å²) >= 11 is 0. The number of primary amides is 1. The van der Waals surface area contributed by atoms with Crippen molar-refractivity contribution in [3.8, 4) is 0 Å².